The van der Waals surface area contributed by atoms with E-state index in [1.165, 1.54) is 13.2 Å². The standard InChI is InChI=1S/C28H28N4O4S/c1-17(26(30)19-9-11-21(34-2)12-10-19)25(28(33)32-20-6-5-7-22(15-20)37-4)27(31)36-23-13-8-18(16-29)14-24(23)35-3/h5-15H,30-31H2,1-4H3,(H,32,33)/b26-17-,27-25-. The molecule has 0 bridgehead atoms. The van der Waals surface area contributed by atoms with Gasteiger partial charge in [0.1, 0.15) is 11.3 Å². The van der Waals surface area contributed by atoms with Crippen LogP contribution in [0.4, 0.5) is 5.69 Å². The Morgan fingerprint density at radius 3 is 2.32 bits per heavy atom. The molecule has 190 valence electrons. The summed E-state index contributed by atoms with van der Waals surface area (Å²) >= 11 is 1.56. The maximum Gasteiger partial charge on any atom is 0.261 e. The molecule has 5 N–H and O–H groups in total. The van der Waals surface area contributed by atoms with E-state index >= 15 is 0 Å². The number of amides is 1. The second kappa shape index (κ2) is 12.4. The van der Waals surface area contributed by atoms with Crippen molar-refractivity contribution in [2.75, 3.05) is 25.8 Å². The summed E-state index contributed by atoms with van der Waals surface area (Å²) in [6.45, 7) is 1.69. The van der Waals surface area contributed by atoms with Gasteiger partial charge in [0.25, 0.3) is 5.91 Å². The number of hydrogen-bond acceptors (Lipinski definition) is 8. The number of nitrogens with one attached hydrogen (secondary N) is 1. The van der Waals surface area contributed by atoms with Crippen molar-refractivity contribution in [2.24, 2.45) is 11.5 Å². The van der Waals surface area contributed by atoms with E-state index in [1.807, 2.05) is 30.5 Å². The monoisotopic (exact) mass is 516 g/mol. The molecule has 0 spiro atoms. The van der Waals surface area contributed by atoms with Crippen molar-refractivity contribution in [3.05, 3.63) is 94.9 Å². The molecule has 0 fully saturated rings. The summed E-state index contributed by atoms with van der Waals surface area (Å²) in [5, 5.41) is 12.1. The second-order valence-electron chi connectivity index (χ2n) is 7.77. The van der Waals surface area contributed by atoms with E-state index in [1.54, 1.807) is 68.3 Å². The minimum Gasteiger partial charge on any atom is -0.497 e. The van der Waals surface area contributed by atoms with E-state index in [9.17, 15) is 10.1 Å². The number of nitriles is 1. The third-order valence-electron chi connectivity index (χ3n) is 5.49. The SMILES string of the molecule is COc1ccc(/C(N)=C(C)/C(C(=O)Nc2cccc(SC)c2)=C(\N)Oc2ccc(C#N)cc2OC)cc1. The van der Waals surface area contributed by atoms with Crippen LogP contribution in [0.1, 0.15) is 18.1 Å². The molecule has 0 aliphatic rings. The van der Waals surface area contributed by atoms with Crippen LogP contribution in [0.15, 0.2) is 88.7 Å². The third kappa shape index (κ3) is 6.57. The molecular weight excluding hydrogens is 488 g/mol. The van der Waals surface area contributed by atoms with Crippen LogP contribution in [-0.2, 0) is 4.79 Å². The fourth-order valence-electron chi connectivity index (χ4n) is 3.47. The molecule has 9 heteroatoms. The van der Waals surface area contributed by atoms with Crippen LogP contribution in [0, 0.1) is 11.3 Å². The van der Waals surface area contributed by atoms with Crippen LogP contribution in [-0.4, -0.2) is 26.4 Å². The maximum atomic E-state index is 13.6. The van der Waals surface area contributed by atoms with Gasteiger partial charge in [-0.1, -0.05) is 6.07 Å². The number of hydrogen-bond donors (Lipinski definition) is 3. The summed E-state index contributed by atoms with van der Waals surface area (Å²) in [6, 6.07) is 21.2. The molecule has 1 amide bonds. The molecule has 0 unspecified atom stereocenters. The molecule has 3 aromatic carbocycles. The Morgan fingerprint density at radius 1 is 0.973 bits per heavy atom. The zero-order valence-corrected chi connectivity index (χ0v) is 21.8. The Balaban J connectivity index is 2.09. The van der Waals surface area contributed by atoms with E-state index in [0.29, 0.717) is 39.6 Å². The number of nitrogens with zero attached hydrogens (tertiary/aromatic N) is 1. The quantitative estimate of drug-likeness (QED) is 0.159. The molecular formula is C28H28N4O4S. The minimum atomic E-state index is -0.502. The third-order valence-corrected chi connectivity index (χ3v) is 6.22. The van der Waals surface area contributed by atoms with Gasteiger partial charge in [-0.15, -0.1) is 11.8 Å². The number of benzene rings is 3. The van der Waals surface area contributed by atoms with Crippen molar-refractivity contribution in [1.29, 1.82) is 5.26 Å². The molecule has 8 nitrogen and oxygen atoms in total. The lowest BCUT2D eigenvalue weighted by Gasteiger charge is -2.17. The Bertz CT molecular complexity index is 1390. The van der Waals surface area contributed by atoms with Crippen molar-refractivity contribution >= 4 is 29.1 Å². The molecule has 0 heterocycles. The minimum absolute atomic E-state index is 0.0503. The number of carbonyl (C=O) groups excluding carboxylic acids is 1. The summed E-state index contributed by atoms with van der Waals surface area (Å²) in [7, 11) is 3.02. The first kappa shape index (κ1) is 27.0. The first-order chi connectivity index (χ1) is 17.8. The lowest BCUT2D eigenvalue weighted by Crippen LogP contribution is -2.23. The summed E-state index contributed by atoms with van der Waals surface area (Å²) in [5.41, 5.74) is 15.3. The highest BCUT2D eigenvalue weighted by molar-refractivity contribution is 7.98. The molecule has 3 rings (SSSR count). The molecule has 3 aromatic rings. The van der Waals surface area contributed by atoms with Crippen LogP contribution in [0.2, 0.25) is 0 Å². The number of ether oxygens (including phenoxy) is 3. The Kier molecular flexibility index (Phi) is 9.08. The molecule has 0 radical (unpaired) electrons. The van der Waals surface area contributed by atoms with Crippen LogP contribution in [0.3, 0.4) is 0 Å². The second-order valence-corrected chi connectivity index (χ2v) is 8.65. The lowest BCUT2D eigenvalue weighted by atomic mass is 10.0. The first-order valence-corrected chi connectivity index (χ1v) is 12.4. The van der Waals surface area contributed by atoms with Gasteiger partial charge in [0.15, 0.2) is 11.5 Å². The zero-order chi connectivity index (χ0) is 26.9. The molecule has 0 atom stereocenters. The molecule has 0 aromatic heterocycles. The van der Waals surface area contributed by atoms with Crippen LogP contribution < -0.4 is 31.0 Å². The van der Waals surface area contributed by atoms with Gasteiger partial charge in [0.05, 0.1) is 25.9 Å². The van der Waals surface area contributed by atoms with Crippen molar-refractivity contribution in [2.45, 2.75) is 11.8 Å². The Labute approximate surface area is 220 Å². The van der Waals surface area contributed by atoms with E-state index < -0.39 is 5.91 Å². The van der Waals surface area contributed by atoms with Gasteiger partial charge in [-0.3, -0.25) is 4.79 Å². The lowest BCUT2D eigenvalue weighted by molar-refractivity contribution is -0.112. The van der Waals surface area contributed by atoms with Crippen LogP contribution in [0.25, 0.3) is 5.70 Å². The van der Waals surface area contributed by atoms with E-state index in [4.69, 9.17) is 25.7 Å². The van der Waals surface area contributed by atoms with Crippen molar-refractivity contribution in [1.82, 2.24) is 0 Å². The van der Waals surface area contributed by atoms with Gasteiger partial charge in [0, 0.05) is 22.3 Å². The summed E-state index contributed by atoms with van der Waals surface area (Å²) in [6.07, 6.45) is 1.95. The molecule has 0 aliphatic heterocycles. The van der Waals surface area contributed by atoms with E-state index in [-0.39, 0.29) is 17.2 Å². The molecule has 37 heavy (non-hydrogen) atoms. The normalized spacial score (nSPS) is 12.0. The van der Waals surface area contributed by atoms with E-state index in [2.05, 4.69) is 5.32 Å². The Hall–Kier alpha value is -4.55. The highest BCUT2D eigenvalue weighted by Gasteiger charge is 2.22. The van der Waals surface area contributed by atoms with Crippen molar-refractivity contribution < 1.29 is 19.0 Å². The largest absolute Gasteiger partial charge is 0.497 e. The average Bonchev–Trinajstić information content (AvgIpc) is 2.92. The van der Waals surface area contributed by atoms with E-state index in [0.717, 1.165) is 4.90 Å². The fraction of sp³-hybridized carbons (Fsp3) is 0.143. The zero-order valence-electron chi connectivity index (χ0n) is 21.0. The molecule has 0 saturated heterocycles. The van der Waals surface area contributed by atoms with Crippen molar-refractivity contribution in [3.63, 3.8) is 0 Å². The van der Waals surface area contributed by atoms with Gasteiger partial charge in [-0.25, -0.2) is 0 Å². The molecule has 0 saturated carbocycles. The van der Waals surface area contributed by atoms with Gasteiger partial charge in [-0.2, -0.15) is 5.26 Å². The van der Waals surface area contributed by atoms with Crippen molar-refractivity contribution in [3.8, 4) is 23.3 Å². The first-order valence-electron chi connectivity index (χ1n) is 11.1. The summed E-state index contributed by atoms with van der Waals surface area (Å²) < 4.78 is 16.5. The maximum absolute atomic E-state index is 13.6. The Morgan fingerprint density at radius 2 is 1.70 bits per heavy atom. The number of thioether (sulfide) groups is 1. The number of nitrogens with two attached hydrogens (primary N) is 2. The van der Waals surface area contributed by atoms with Crippen LogP contribution in [0.5, 0.6) is 17.2 Å². The smallest absolute Gasteiger partial charge is 0.261 e. The predicted molar refractivity (Wildman–Crippen MR) is 146 cm³/mol. The fourth-order valence-corrected chi connectivity index (χ4v) is 3.93. The predicted octanol–water partition coefficient (Wildman–Crippen LogP) is 4.88. The molecule has 0 aliphatic carbocycles. The highest BCUT2D eigenvalue weighted by atomic mass is 32.2. The summed E-state index contributed by atoms with van der Waals surface area (Å²) in [4.78, 5) is 14.5. The topological polar surface area (TPSA) is 133 Å². The number of anilines is 1. The number of methoxy groups -OCH3 is 2. The van der Waals surface area contributed by atoms with Gasteiger partial charge in [0.2, 0.25) is 5.88 Å². The van der Waals surface area contributed by atoms with Gasteiger partial charge < -0.3 is 31.0 Å². The van der Waals surface area contributed by atoms with Crippen LogP contribution >= 0.6 is 11.8 Å². The number of carbonyl (C=O) groups is 1. The summed E-state index contributed by atoms with van der Waals surface area (Å²) in [5.74, 6) is 0.517. The van der Waals surface area contributed by atoms with Gasteiger partial charge in [-0.05, 0) is 78.9 Å². The van der Waals surface area contributed by atoms with Gasteiger partial charge >= 0.3 is 0 Å². The average molecular weight is 517 g/mol. The highest BCUT2D eigenvalue weighted by Crippen LogP contribution is 2.31. The number of rotatable bonds is 9.